The van der Waals surface area contributed by atoms with Crippen molar-refractivity contribution in [2.24, 2.45) is 0 Å². The number of hydrogen-bond acceptors (Lipinski definition) is 3. The molecule has 0 saturated heterocycles. The van der Waals surface area contributed by atoms with E-state index in [-0.39, 0.29) is 5.97 Å². The monoisotopic (exact) mass is 170 g/mol. The zero-order chi connectivity index (χ0) is 8.27. The number of carbonyl (C=O) groups excluding carboxylic acids is 1. The van der Waals surface area contributed by atoms with Crippen LogP contribution < -0.4 is 0 Å². The van der Waals surface area contributed by atoms with Gasteiger partial charge < -0.3 is 4.74 Å². The standard InChI is InChI=1S/C8H10O2S/c1-6-3-7(5-11-6)4-8(9)10-2/h3,5H,4H2,1-2H3. The van der Waals surface area contributed by atoms with Crippen molar-refractivity contribution < 1.29 is 9.53 Å². The van der Waals surface area contributed by atoms with Crippen LogP contribution in [0.25, 0.3) is 0 Å². The van der Waals surface area contributed by atoms with E-state index in [1.807, 2.05) is 18.4 Å². The Morgan fingerprint density at radius 2 is 2.45 bits per heavy atom. The minimum Gasteiger partial charge on any atom is -0.469 e. The molecule has 0 unspecified atom stereocenters. The number of carbonyl (C=O) groups is 1. The fraction of sp³-hybridized carbons (Fsp3) is 0.375. The summed E-state index contributed by atoms with van der Waals surface area (Å²) >= 11 is 1.65. The molecule has 1 aromatic rings. The third-order valence-corrected chi connectivity index (χ3v) is 2.27. The van der Waals surface area contributed by atoms with Gasteiger partial charge in [0.2, 0.25) is 0 Å². The molecule has 0 fully saturated rings. The normalized spacial score (nSPS) is 9.64. The Labute approximate surface area is 69.8 Å². The fourth-order valence-corrected chi connectivity index (χ4v) is 1.54. The summed E-state index contributed by atoms with van der Waals surface area (Å²) in [6.45, 7) is 2.02. The Morgan fingerprint density at radius 3 is 2.91 bits per heavy atom. The Morgan fingerprint density at radius 1 is 1.73 bits per heavy atom. The molecule has 0 aromatic carbocycles. The third-order valence-electron chi connectivity index (χ3n) is 1.36. The number of aryl methyl sites for hydroxylation is 1. The van der Waals surface area contributed by atoms with Crippen molar-refractivity contribution in [1.82, 2.24) is 0 Å². The van der Waals surface area contributed by atoms with Crippen LogP contribution in [0.3, 0.4) is 0 Å². The number of ether oxygens (including phenoxy) is 1. The molecule has 0 amide bonds. The number of hydrogen-bond donors (Lipinski definition) is 0. The van der Waals surface area contributed by atoms with Crippen LogP contribution in [-0.4, -0.2) is 13.1 Å². The first-order valence-corrected chi connectivity index (χ1v) is 4.21. The molecular weight excluding hydrogens is 160 g/mol. The Kier molecular flexibility index (Phi) is 2.65. The van der Waals surface area contributed by atoms with Gasteiger partial charge >= 0.3 is 5.97 Å². The molecule has 0 aliphatic carbocycles. The quantitative estimate of drug-likeness (QED) is 0.632. The molecule has 1 aromatic heterocycles. The number of esters is 1. The van der Waals surface area contributed by atoms with Gasteiger partial charge in [-0.2, -0.15) is 0 Å². The largest absolute Gasteiger partial charge is 0.469 e. The van der Waals surface area contributed by atoms with Crippen molar-refractivity contribution in [1.29, 1.82) is 0 Å². The zero-order valence-corrected chi connectivity index (χ0v) is 7.40. The van der Waals surface area contributed by atoms with Gasteiger partial charge in [0.15, 0.2) is 0 Å². The molecule has 11 heavy (non-hydrogen) atoms. The highest BCUT2D eigenvalue weighted by molar-refractivity contribution is 7.10. The molecule has 0 saturated carbocycles. The molecule has 0 atom stereocenters. The van der Waals surface area contributed by atoms with Crippen molar-refractivity contribution in [3.63, 3.8) is 0 Å². The van der Waals surface area contributed by atoms with Crippen LogP contribution in [0.15, 0.2) is 11.4 Å². The minimum absolute atomic E-state index is 0.178. The van der Waals surface area contributed by atoms with Gasteiger partial charge in [0, 0.05) is 4.88 Å². The molecule has 3 heteroatoms. The van der Waals surface area contributed by atoms with Crippen LogP contribution in [0, 0.1) is 6.92 Å². The summed E-state index contributed by atoms with van der Waals surface area (Å²) in [6, 6.07) is 2.00. The molecule has 60 valence electrons. The molecule has 0 radical (unpaired) electrons. The summed E-state index contributed by atoms with van der Waals surface area (Å²) in [7, 11) is 1.40. The summed E-state index contributed by atoms with van der Waals surface area (Å²) in [5, 5.41) is 1.98. The smallest absolute Gasteiger partial charge is 0.310 e. The van der Waals surface area contributed by atoms with E-state index >= 15 is 0 Å². The SMILES string of the molecule is COC(=O)Cc1csc(C)c1. The second kappa shape index (κ2) is 3.53. The average molecular weight is 170 g/mol. The van der Waals surface area contributed by atoms with Crippen LogP contribution in [0.5, 0.6) is 0 Å². The van der Waals surface area contributed by atoms with E-state index in [9.17, 15) is 4.79 Å². The first-order valence-electron chi connectivity index (χ1n) is 3.33. The maximum atomic E-state index is 10.8. The second-order valence-corrected chi connectivity index (χ2v) is 3.43. The van der Waals surface area contributed by atoms with Gasteiger partial charge in [0.25, 0.3) is 0 Å². The lowest BCUT2D eigenvalue weighted by Crippen LogP contribution is -2.02. The molecule has 0 aliphatic heterocycles. The molecule has 2 nitrogen and oxygen atoms in total. The van der Waals surface area contributed by atoms with Crippen molar-refractivity contribution in [2.45, 2.75) is 13.3 Å². The zero-order valence-electron chi connectivity index (χ0n) is 6.59. The van der Waals surface area contributed by atoms with Crippen molar-refractivity contribution >= 4 is 17.3 Å². The van der Waals surface area contributed by atoms with Gasteiger partial charge in [-0.25, -0.2) is 0 Å². The van der Waals surface area contributed by atoms with E-state index in [0.29, 0.717) is 6.42 Å². The predicted octanol–water partition coefficient (Wildman–Crippen LogP) is 1.77. The van der Waals surface area contributed by atoms with E-state index < -0.39 is 0 Å². The van der Waals surface area contributed by atoms with Crippen LogP contribution in [0.2, 0.25) is 0 Å². The van der Waals surface area contributed by atoms with E-state index in [1.165, 1.54) is 12.0 Å². The van der Waals surface area contributed by atoms with Crippen molar-refractivity contribution in [3.8, 4) is 0 Å². The van der Waals surface area contributed by atoms with E-state index in [0.717, 1.165) is 5.56 Å². The Bertz CT molecular complexity index is 252. The van der Waals surface area contributed by atoms with E-state index in [4.69, 9.17) is 0 Å². The van der Waals surface area contributed by atoms with Gasteiger partial charge in [-0.3, -0.25) is 4.79 Å². The van der Waals surface area contributed by atoms with E-state index in [2.05, 4.69) is 4.74 Å². The second-order valence-electron chi connectivity index (χ2n) is 2.32. The van der Waals surface area contributed by atoms with E-state index in [1.54, 1.807) is 11.3 Å². The number of methoxy groups -OCH3 is 1. The first kappa shape index (κ1) is 8.27. The molecule has 0 aliphatic rings. The van der Waals surface area contributed by atoms with Gasteiger partial charge in [-0.05, 0) is 23.9 Å². The highest BCUT2D eigenvalue weighted by atomic mass is 32.1. The third kappa shape index (κ3) is 2.35. The van der Waals surface area contributed by atoms with Gasteiger partial charge in [0.1, 0.15) is 0 Å². The minimum atomic E-state index is -0.178. The average Bonchev–Trinajstić information content (AvgIpc) is 2.35. The van der Waals surface area contributed by atoms with Crippen LogP contribution >= 0.6 is 11.3 Å². The maximum absolute atomic E-state index is 10.8. The van der Waals surface area contributed by atoms with Crippen LogP contribution in [-0.2, 0) is 16.0 Å². The highest BCUT2D eigenvalue weighted by Gasteiger charge is 2.03. The van der Waals surface area contributed by atoms with Crippen LogP contribution in [0.4, 0.5) is 0 Å². The molecule has 0 N–H and O–H groups in total. The summed E-state index contributed by atoms with van der Waals surface area (Å²) in [5.41, 5.74) is 1.04. The topological polar surface area (TPSA) is 26.3 Å². The summed E-state index contributed by atoms with van der Waals surface area (Å²) in [4.78, 5) is 12.0. The van der Waals surface area contributed by atoms with Crippen LogP contribution in [0.1, 0.15) is 10.4 Å². The van der Waals surface area contributed by atoms with Crippen molar-refractivity contribution in [3.05, 3.63) is 21.9 Å². The van der Waals surface area contributed by atoms with Gasteiger partial charge in [-0.1, -0.05) is 0 Å². The number of thiophene rings is 1. The lowest BCUT2D eigenvalue weighted by molar-refractivity contribution is -0.139. The summed E-state index contributed by atoms with van der Waals surface area (Å²) in [5.74, 6) is -0.178. The van der Waals surface area contributed by atoms with Gasteiger partial charge in [0.05, 0.1) is 13.5 Å². The molecular formula is C8H10O2S. The van der Waals surface area contributed by atoms with Crippen molar-refractivity contribution in [2.75, 3.05) is 7.11 Å². The first-order chi connectivity index (χ1) is 5.22. The fourth-order valence-electron chi connectivity index (χ4n) is 0.829. The Balaban J connectivity index is 2.57. The lowest BCUT2D eigenvalue weighted by Gasteiger charge is -1.93. The maximum Gasteiger partial charge on any atom is 0.310 e. The summed E-state index contributed by atoms with van der Waals surface area (Å²) in [6.07, 6.45) is 0.390. The molecule has 0 spiro atoms. The molecule has 1 rings (SSSR count). The Hall–Kier alpha value is -0.830. The molecule has 1 heterocycles. The number of rotatable bonds is 2. The summed E-state index contributed by atoms with van der Waals surface area (Å²) < 4.78 is 4.53. The predicted molar refractivity (Wildman–Crippen MR) is 44.8 cm³/mol. The van der Waals surface area contributed by atoms with Gasteiger partial charge in [-0.15, -0.1) is 11.3 Å². The highest BCUT2D eigenvalue weighted by Crippen LogP contribution is 2.13. The molecule has 0 bridgehead atoms. The lowest BCUT2D eigenvalue weighted by atomic mass is 10.2.